The summed E-state index contributed by atoms with van der Waals surface area (Å²) in [6.45, 7) is 0.497. The summed E-state index contributed by atoms with van der Waals surface area (Å²) in [6, 6.07) is 6.44. The minimum Gasteiger partial charge on any atom is -0.365 e. The molecule has 0 amide bonds. The molecule has 2 rings (SSSR count). The first-order valence-corrected chi connectivity index (χ1v) is 6.17. The molecule has 0 aliphatic carbocycles. The highest BCUT2D eigenvalue weighted by atomic mass is 79.9. The second-order valence-electron chi connectivity index (χ2n) is 3.62. The topological polar surface area (TPSA) is 49.8 Å². The Labute approximate surface area is 113 Å². The predicted molar refractivity (Wildman–Crippen MR) is 73.0 cm³/mol. The van der Waals surface area contributed by atoms with Crippen LogP contribution < -0.4 is 10.6 Å². The van der Waals surface area contributed by atoms with E-state index in [-0.39, 0.29) is 5.82 Å². The lowest BCUT2D eigenvalue weighted by Gasteiger charge is -2.08. The summed E-state index contributed by atoms with van der Waals surface area (Å²) in [7, 11) is 1.75. The van der Waals surface area contributed by atoms with Gasteiger partial charge in [0.1, 0.15) is 11.6 Å². The molecule has 0 saturated heterocycles. The van der Waals surface area contributed by atoms with Crippen molar-refractivity contribution in [3.8, 4) is 0 Å². The Hall–Kier alpha value is -1.69. The fourth-order valence-corrected chi connectivity index (χ4v) is 1.78. The third-order valence-electron chi connectivity index (χ3n) is 2.32. The van der Waals surface area contributed by atoms with E-state index in [1.807, 2.05) is 6.07 Å². The van der Waals surface area contributed by atoms with Crippen LogP contribution in [0.25, 0.3) is 0 Å². The smallest absolute Gasteiger partial charge is 0.224 e. The largest absolute Gasteiger partial charge is 0.365 e. The molecule has 2 N–H and O–H groups in total. The van der Waals surface area contributed by atoms with E-state index in [0.29, 0.717) is 18.3 Å². The van der Waals surface area contributed by atoms with Gasteiger partial charge in [0.25, 0.3) is 0 Å². The molecular formula is C12H12BrFN4. The van der Waals surface area contributed by atoms with Gasteiger partial charge in [-0.15, -0.1) is 0 Å². The van der Waals surface area contributed by atoms with Crippen LogP contribution in [-0.4, -0.2) is 17.0 Å². The van der Waals surface area contributed by atoms with Gasteiger partial charge in [-0.3, -0.25) is 0 Å². The van der Waals surface area contributed by atoms with Gasteiger partial charge in [0.2, 0.25) is 5.95 Å². The minimum absolute atomic E-state index is 0.244. The highest BCUT2D eigenvalue weighted by Crippen LogP contribution is 2.20. The molecule has 0 aliphatic rings. The Kier molecular flexibility index (Phi) is 4.09. The molecule has 0 spiro atoms. The van der Waals surface area contributed by atoms with Gasteiger partial charge in [-0.1, -0.05) is 12.1 Å². The first-order valence-electron chi connectivity index (χ1n) is 5.37. The number of anilines is 2. The van der Waals surface area contributed by atoms with Gasteiger partial charge >= 0.3 is 0 Å². The first-order chi connectivity index (χ1) is 8.69. The van der Waals surface area contributed by atoms with E-state index in [1.165, 1.54) is 12.1 Å². The maximum atomic E-state index is 13.0. The van der Waals surface area contributed by atoms with Crippen LogP contribution in [0.4, 0.5) is 16.2 Å². The molecule has 6 heteroatoms. The van der Waals surface area contributed by atoms with Crippen LogP contribution in [0.3, 0.4) is 0 Å². The monoisotopic (exact) mass is 310 g/mol. The van der Waals surface area contributed by atoms with E-state index in [2.05, 4.69) is 36.5 Å². The van der Waals surface area contributed by atoms with E-state index < -0.39 is 0 Å². The Bertz CT molecular complexity index is 547. The summed E-state index contributed by atoms with van der Waals surface area (Å²) in [5.74, 6) is 0.950. The second-order valence-corrected chi connectivity index (χ2v) is 4.48. The standard InChI is InChI=1S/C12H12BrFN4/c1-15-12-17-7-10(13)11(18-12)16-6-8-3-2-4-9(14)5-8/h2-5,7H,6H2,1H3,(H2,15,16,17,18). The van der Waals surface area contributed by atoms with Crippen LogP contribution in [0, 0.1) is 5.82 Å². The molecule has 0 bridgehead atoms. The van der Waals surface area contributed by atoms with Crippen LogP contribution in [0.5, 0.6) is 0 Å². The van der Waals surface area contributed by atoms with Crippen LogP contribution in [-0.2, 0) is 6.54 Å². The summed E-state index contributed by atoms with van der Waals surface area (Å²) in [4.78, 5) is 8.31. The van der Waals surface area contributed by atoms with Gasteiger partial charge in [-0.05, 0) is 33.6 Å². The third-order valence-corrected chi connectivity index (χ3v) is 2.90. The zero-order valence-electron chi connectivity index (χ0n) is 9.74. The number of hydrogen-bond donors (Lipinski definition) is 2. The number of nitrogens with one attached hydrogen (secondary N) is 2. The van der Waals surface area contributed by atoms with E-state index in [9.17, 15) is 4.39 Å². The molecule has 94 valence electrons. The van der Waals surface area contributed by atoms with Crippen molar-refractivity contribution in [3.63, 3.8) is 0 Å². The van der Waals surface area contributed by atoms with E-state index in [4.69, 9.17) is 0 Å². The SMILES string of the molecule is CNc1ncc(Br)c(NCc2cccc(F)c2)n1. The van der Waals surface area contributed by atoms with Gasteiger partial charge in [0.05, 0.1) is 4.47 Å². The molecule has 4 nitrogen and oxygen atoms in total. The summed E-state index contributed by atoms with van der Waals surface area (Å²) < 4.78 is 13.8. The number of halogens is 2. The van der Waals surface area contributed by atoms with Crippen molar-refractivity contribution in [2.75, 3.05) is 17.7 Å². The zero-order valence-corrected chi connectivity index (χ0v) is 11.3. The normalized spacial score (nSPS) is 10.2. The molecule has 18 heavy (non-hydrogen) atoms. The number of rotatable bonds is 4. The fraction of sp³-hybridized carbons (Fsp3) is 0.167. The average molecular weight is 311 g/mol. The number of nitrogens with zero attached hydrogens (tertiary/aromatic N) is 2. The fourth-order valence-electron chi connectivity index (χ4n) is 1.44. The lowest BCUT2D eigenvalue weighted by atomic mass is 10.2. The highest BCUT2D eigenvalue weighted by molar-refractivity contribution is 9.10. The van der Waals surface area contributed by atoms with Crippen LogP contribution in [0.1, 0.15) is 5.56 Å². The van der Waals surface area contributed by atoms with Gasteiger partial charge in [0.15, 0.2) is 0 Å². The molecule has 0 unspecified atom stereocenters. The predicted octanol–water partition coefficient (Wildman–Crippen LogP) is 3.03. The van der Waals surface area contributed by atoms with Crippen molar-refractivity contribution in [3.05, 3.63) is 46.3 Å². The van der Waals surface area contributed by atoms with E-state index in [0.717, 1.165) is 10.0 Å². The highest BCUT2D eigenvalue weighted by Gasteiger charge is 2.04. The summed E-state index contributed by atoms with van der Waals surface area (Å²) in [5, 5.41) is 5.99. The third kappa shape index (κ3) is 3.16. The summed E-state index contributed by atoms with van der Waals surface area (Å²) in [6.07, 6.45) is 1.66. The molecule has 0 saturated carbocycles. The van der Waals surface area contributed by atoms with Crippen molar-refractivity contribution in [2.45, 2.75) is 6.54 Å². The molecule has 0 aliphatic heterocycles. The molecule has 0 fully saturated rings. The molecule has 0 radical (unpaired) electrons. The zero-order chi connectivity index (χ0) is 13.0. The van der Waals surface area contributed by atoms with Crippen LogP contribution in [0.2, 0.25) is 0 Å². The Morgan fingerprint density at radius 1 is 1.39 bits per heavy atom. The van der Waals surface area contributed by atoms with Gasteiger partial charge in [0, 0.05) is 19.8 Å². The molecule has 1 heterocycles. The molecule has 0 atom stereocenters. The van der Waals surface area contributed by atoms with Crippen LogP contribution >= 0.6 is 15.9 Å². The van der Waals surface area contributed by atoms with Crippen molar-refractivity contribution < 1.29 is 4.39 Å². The first kappa shape index (κ1) is 12.8. The quantitative estimate of drug-likeness (QED) is 0.911. The van der Waals surface area contributed by atoms with E-state index in [1.54, 1.807) is 19.3 Å². The minimum atomic E-state index is -0.244. The van der Waals surface area contributed by atoms with Crippen molar-refractivity contribution in [1.29, 1.82) is 0 Å². The summed E-state index contributed by atoms with van der Waals surface area (Å²) in [5.41, 5.74) is 0.853. The van der Waals surface area contributed by atoms with Crippen LogP contribution in [0.15, 0.2) is 34.9 Å². The lowest BCUT2D eigenvalue weighted by molar-refractivity contribution is 0.626. The average Bonchev–Trinajstić information content (AvgIpc) is 2.38. The number of hydrogen-bond acceptors (Lipinski definition) is 4. The van der Waals surface area contributed by atoms with Gasteiger partial charge in [-0.25, -0.2) is 9.37 Å². The van der Waals surface area contributed by atoms with Crippen molar-refractivity contribution >= 4 is 27.7 Å². The lowest BCUT2D eigenvalue weighted by Crippen LogP contribution is -2.05. The second kappa shape index (κ2) is 5.77. The molecule has 2 aromatic rings. The molecule has 1 aromatic heterocycles. The maximum absolute atomic E-state index is 13.0. The summed E-state index contributed by atoms with van der Waals surface area (Å²) >= 11 is 3.36. The Balaban J connectivity index is 2.10. The maximum Gasteiger partial charge on any atom is 0.224 e. The van der Waals surface area contributed by atoms with Crippen molar-refractivity contribution in [2.24, 2.45) is 0 Å². The van der Waals surface area contributed by atoms with Gasteiger partial charge < -0.3 is 10.6 Å². The molecule has 1 aromatic carbocycles. The number of benzene rings is 1. The Morgan fingerprint density at radius 3 is 2.94 bits per heavy atom. The van der Waals surface area contributed by atoms with Gasteiger partial charge in [-0.2, -0.15) is 4.98 Å². The molecular weight excluding hydrogens is 299 g/mol. The number of aromatic nitrogens is 2. The van der Waals surface area contributed by atoms with E-state index >= 15 is 0 Å². The Morgan fingerprint density at radius 2 is 2.22 bits per heavy atom. The van der Waals surface area contributed by atoms with Crippen molar-refractivity contribution in [1.82, 2.24) is 9.97 Å².